The Kier molecular flexibility index (Phi) is 3.00. The summed E-state index contributed by atoms with van der Waals surface area (Å²) < 4.78 is 0. The number of benzene rings is 1. The van der Waals surface area contributed by atoms with Crippen LogP contribution in [0.25, 0.3) is 0 Å². The van der Waals surface area contributed by atoms with Crippen LogP contribution in [0.15, 0.2) is 18.2 Å². The SMILES string of the molecule is CN1CCc2cccc(C3(C(=O)O)CCCCC3)c21. The summed E-state index contributed by atoms with van der Waals surface area (Å²) in [6.45, 7) is 1.00. The summed E-state index contributed by atoms with van der Waals surface area (Å²) in [6.07, 6.45) is 5.83. The Hall–Kier alpha value is -1.51. The molecule has 19 heavy (non-hydrogen) atoms. The predicted molar refractivity (Wildman–Crippen MR) is 75.8 cm³/mol. The molecule has 1 heterocycles. The zero-order valence-electron chi connectivity index (χ0n) is 11.5. The third-order valence-electron chi connectivity index (χ3n) is 4.85. The monoisotopic (exact) mass is 259 g/mol. The Morgan fingerprint density at radius 1 is 1.26 bits per heavy atom. The summed E-state index contributed by atoms with van der Waals surface area (Å²) in [5.74, 6) is -0.638. The summed E-state index contributed by atoms with van der Waals surface area (Å²) in [5.41, 5.74) is 2.90. The van der Waals surface area contributed by atoms with Gasteiger partial charge in [0.15, 0.2) is 0 Å². The van der Waals surface area contributed by atoms with E-state index in [0.717, 1.165) is 44.2 Å². The van der Waals surface area contributed by atoms with E-state index >= 15 is 0 Å². The van der Waals surface area contributed by atoms with Gasteiger partial charge in [-0.1, -0.05) is 37.5 Å². The maximum atomic E-state index is 12.0. The maximum absolute atomic E-state index is 12.0. The fraction of sp³-hybridized carbons (Fsp3) is 0.562. The fourth-order valence-corrected chi connectivity index (χ4v) is 3.78. The Balaban J connectivity index is 2.14. The molecule has 1 fully saturated rings. The smallest absolute Gasteiger partial charge is 0.314 e. The van der Waals surface area contributed by atoms with Crippen molar-refractivity contribution >= 4 is 11.7 Å². The highest BCUT2D eigenvalue weighted by atomic mass is 16.4. The van der Waals surface area contributed by atoms with Gasteiger partial charge in [-0.2, -0.15) is 0 Å². The van der Waals surface area contributed by atoms with Crippen LogP contribution in [0.1, 0.15) is 43.2 Å². The van der Waals surface area contributed by atoms with Crippen LogP contribution in [0.4, 0.5) is 5.69 Å². The first-order valence-corrected chi connectivity index (χ1v) is 7.22. The van der Waals surface area contributed by atoms with Crippen molar-refractivity contribution in [2.75, 3.05) is 18.5 Å². The molecule has 102 valence electrons. The van der Waals surface area contributed by atoms with Crippen LogP contribution in [-0.2, 0) is 16.6 Å². The molecule has 0 atom stereocenters. The van der Waals surface area contributed by atoms with Gasteiger partial charge in [-0.05, 0) is 30.4 Å². The van der Waals surface area contributed by atoms with Crippen molar-refractivity contribution in [2.45, 2.75) is 43.9 Å². The highest BCUT2D eigenvalue weighted by Crippen LogP contribution is 2.46. The van der Waals surface area contributed by atoms with Crippen molar-refractivity contribution in [3.05, 3.63) is 29.3 Å². The number of aliphatic carboxylic acids is 1. The number of rotatable bonds is 2. The number of nitrogens with zero attached hydrogens (tertiary/aromatic N) is 1. The minimum Gasteiger partial charge on any atom is -0.481 e. The Morgan fingerprint density at radius 3 is 2.68 bits per heavy atom. The van der Waals surface area contributed by atoms with Gasteiger partial charge >= 0.3 is 5.97 Å². The van der Waals surface area contributed by atoms with Crippen molar-refractivity contribution in [1.29, 1.82) is 0 Å². The van der Waals surface area contributed by atoms with Gasteiger partial charge in [0, 0.05) is 19.3 Å². The quantitative estimate of drug-likeness (QED) is 0.887. The van der Waals surface area contributed by atoms with Crippen LogP contribution in [0.3, 0.4) is 0 Å². The van der Waals surface area contributed by atoms with Crippen LogP contribution in [0.5, 0.6) is 0 Å². The second-order valence-electron chi connectivity index (χ2n) is 5.93. The molecular weight excluding hydrogens is 238 g/mol. The summed E-state index contributed by atoms with van der Waals surface area (Å²) in [5, 5.41) is 9.84. The molecule has 1 saturated carbocycles. The molecule has 3 rings (SSSR count). The minimum absolute atomic E-state index is 0.638. The van der Waals surface area contributed by atoms with Crippen molar-refractivity contribution in [3.63, 3.8) is 0 Å². The molecule has 2 aliphatic rings. The highest BCUT2D eigenvalue weighted by molar-refractivity contribution is 5.85. The van der Waals surface area contributed by atoms with Gasteiger partial charge in [0.05, 0.1) is 5.41 Å². The van der Waals surface area contributed by atoms with E-state index in [9.17, 15) is 9.90 Å². The van der Waals surface area contributed by atoms with Crippen LogP contribution >= 0.6 is 0 Å². The highest BCUT2D eigenvalue weighted by Gasteiger charge is 2.44. The molecule has 0 unspecified atom stereocenters. The number of likely N-dealkylation sites (N-methyl/N-ethyl adjacent to an activating group) is 1. The number of carboxylic acid groups (broad SMARTS) is 1. The molecular formula is C16H21NO2. The molecule has 3 heteroatoms. The van der Waals surface area contributed by atoms with E-state index in [2.05, 4.69) is 18.0 Å². The third kappa shape index (κ3) is 1.83. The topological polar surface area (TPSA) is 40.5 Å². The van der Waals surface area contributed by atoms with Gasteiger partial charge in [-0.15, -0.1) is 0 Å². The Bertz CT molecular complexity index is 503. The Morgan fingerprint density at radius 2 is 2.00 bits per heavy atom. The van der Waals surface area contributed by atoms with E-state index in [1.807, 2.05) is 12.1 Å². The number of carbonyl (C=O) groups is 1. The maximum Gasteiger partial charge on any atom is 0.314 e. The average Bonchev–Trinajstić information content (AvgIpc) is 2.81. The first-order valence-electron chi connectivity index (χ1n) is 7.22. The van der Waals surface area contributed by atoms with Crippen LogP contribution in [0, 0.1) is 0 Å². The second-order valence-corrected chi connectivity index (χ2v) is 5.93. The molecule has 0 spiro atoms. The van der Waals surface area contributed by atoms with Gasteiger partial charge in [-0.25, -0.2) is 0 Å². The van der Waals surface area contributed by atoms with E-state index in [4.69, 9.17) is 0 Å². The lowest BCUT2D eigenvalue weighted by molar-refractivity contribution is -0.145. The second kappa shape index (κ2) is 4.55. The van der Waals surface area contributed by atoms with E-state index in [1.165, 1.54) is 17.7 Å². The first-order chi connectivity index (χ1) is 9.15. The van der Waals surface area contributed by atoms with Gasteiger partial charge in [-0.3, -0.25) is 4.79 Å². The van der Waals surface area contributed by atoms with Crippen molar-refractivity contribution in [3.8, 4) is 0 Å². The molecule has 1 aromatic carbocycles. The summed E-state index contributed by atoms with van der Waals surface area (Å²) in [4.78, 5) is 14.2. The molecule has 1 N–H and O–H groups in total. The molecule has 0 saturated heterocycles. The molecule has 1 aliphatic carbocycles. The lowest BCUT2D eigenvalue weighted by atomic mass is 9.68. The molecule has 0 bridgehead atoms. The number of fused-ring (bicyclic) bond motifs is 1. The standard InChI is InChI=1S/C16H21NO2/c1-17-11-8-12-6-5-7-13(14(12)17)16(15(18)19)9-3-2-4-10-16/h5-7H,2-4,8-11H2,1H3,(H,18,19). The molecule has 0 aromatic heterocycles. The largest absolute Gasteiger partial charge is 0.481 e. The molecule has 1 aromatic rings. The number of anilines is 1. The zero-order chi connectivity index (χ0) is 13.5. The van der Waals surface area contributed by atoms with Crippen molar-refractivity contribution < 1.29 is 9.90 Å². The average molecular weight is 259 g/mol. The predicted octanol–water partition coefficient (Wildman–Crippen LogP) is 2.97. The third-order valence-corrected chi connectivity index (χ3v) is 4.85. The molecule has 0 radical (unpaired) electrons. The first kappa shape index (κ1) is 12.5. The molecule has 3 nitrogen and oxygen atoms in total. The summed E-state index contributed by atoms with van der Waals surface area (Å²) in [6, 6.07) is 6.22. The lowest BCUT2D eigenvalue weighted by Crippen LogP contribution is -2.39. The van der Waals surface area contributed by atoms with E-state index < -0.39 is 11.4 Å². The number of para-hydroxylation sites is 1. The number of hydrogen-bond acceptors (Lipinski definition) is 2. The summed E-state index contributed by atoms with van der Waals surface area (Å²) in [7, 11) is 2.08. The zero-order valence-corrected chi connectivity index (χ0v) is 11.5. The Labute approximate surface area is 114 Å². The van der Waals surface area contributed by atoms with E-state index in [-0.39, 0.29) is 0 Å². The van der Waals surface area contributed by atoms with Crippen molar-refractivity contribution in [1.82, 2.24) is 0 Å². The molecule has 1 aliphatic heterocycles. The van der Waals surface area contributed by atoms with Crippen LogP contribution in [0.2, 0.25) is 0 Å². The number of carboxylic acids is 1. The van der Waals surface area contributed by atoms with Gasteiger partial charge in [0.1, 0.15) is 0 Å². The van der Waals surface area contributed by atoms with Gasteiger partial charge in [0.2, 0.25) is 0 Å². The normalized spacial score (nSPS) is 21.2. The van der Waals surface area contributed by atoms with E-state index in [1.54, 1.807) is 0 Å². The van der Waals surface area contributed by atoms with Crippen molar-refractivity contribution in [2.24, 2.45) is 0 Å². The van der Waals surface area contributed by atoms with Gasteiger partial charge in [0.25, 0.3) is 0 Å². The molecule has 0 amide bonds. The van der Waals surface area contributed by atoms with Crippen LogP contribution in [-0.4, -0.2) is 24.7 Å². The van der Waals surface area contributed by atoms with E-state index in [0.29, 0.717) is 0 Å². The van der Waals surface area contributed by atoms with Crippen LogP contribution < -0.4 is 4.90 Å². The fourth-order valence-electron chi connectivity index (χ4n) is 3.78. The van der Waals surface area contributed by atoms with Gasteiger partial charge < -0.3 is 10.0 Å². The minimum atomic E-state index is -0.651. The number of hydrogen-bond donors (Lipinski definition) is 1. The lowest BCUT2D eigenvalue weighted by Gasteiger charge is -2.36. The summed E-state index contributed by atoms with van der Waals surface area (Å²) >= 11 is 0.